The van der Waals surface area contributed by atoms with E-state index in [0.717, 1.165) is 17.7 Å². The van der Waals surface area contributed by atoms with E-state index in [0.29, 0.717) is 19.5 Å². The largest absolute Gasteiger partial charge is 0.508 e. The highest BCUT2D eigenvalue weighted by atomic mass is 32.1. The Labute approximate surface area is 145 Å². The topological polar surface area (TPSA) is 53.7 Å². The summed E-state index contributed by atoms with van der Waals surface area (Å²) in [6, 6.07) is 12.8. The fraction of sp³-hybridized carbons (Fsp3) is 0.211. The number of carbonyl (C=O) groups is 1. The highest BCUT2D eigenvalue weighted by Gasteiger charge is 2.17. The van der Waals surface area contributed by atoms with E-state index in [1.54, 1.807) is 34.6 Å². The highest BCUT2D eigenvalue weighted by Crippen LogP contribution is 2.20. The van der Waals surface area contributed by atoms with Crippen LogP contribution < -0.4 is 0 Å². The van der Waals surface area contributed by atoms with Gasteiger partial charge >= 0.3 is 0 Å². The molecule has 0 unspecified atom stereocenters. The zero-order valence-corrected chi connectivity index (χ0v) is 14.0. The summed E-state index contributed by atoms with van der Waals surface area (Å²) >= 11 is 1.64. The van der Waals surface area contributed by atoms with E-state index in [-0.39, 0.29) is 11.7 Å². The van der Waals surface area contributed by atoms with Gasteiger partial charge in [0.1, 0.15) is 11.5 Å². The number of hydrogen-bond acceptors (Lipinski definition) is 4. The number of para-hydroxylation sites is 1. The Hall–Kier alpha value is -2.53. The van der Waals surface area contributed by atoms with Crippen LogP contribution in [0.4, 0.5) is 0 Å². The van der Waals surface area contributed by atoms with Crippen molar-refractivity contribution in [2.45, 2.75) is 25.9 Å². The van der Waals surface area contributed by atoms with E-state index in [1.807, 2.05) is 35.7 Å². The van der Waals surface area contributed by atoms with E-state index >= 15 is 0 Å². The summed E-state index contributed by atoms with van der Waals surface area (Å²) in [6.07, 6.45) is 2.76. The van der Waals surface area contributed by atoms with Gasteiger partial charge in [-0.15, -0.1) is 0 Å². The molecule has 1 aromatic carbocycles. The standard InChI is InChI=1S/C19H19NO3S/c21-18-6-2-1-4-16(18)12-20(13-17-5-3-10-23-17)19(22)8-7-15-9-11-24-14-15/h1-6,9-11,14,21H,7-8,12-13H2. The molecule has 0 aliphatic carbocycles. The number of rotatable bonds is 7. The number of thiophene rings is 1. The van der Waals surface area contributed by atoms with Gasteiger partial charge in [-0.05, 0) is 47.0 Å². The van der Waals surface area contributed by atoms with Crippen LogP contribution in [0.5, 0.6) is 5.75 Å². The number of aryl methyl sites for hydroxylation is 1. The minimum Gasteiger partial charge on any atom is -0.508 e. The maximum atomic E-state index is 12.7. The van der Waals surface area contributed by atoms with Crippen LogP contribution in [0.25, 0.3) is 0 Å². The van der Waals surface area contributed by atoms with Gasteiger partial charge in [-0.25, -0.2) is 0 Å². The molecule has 5 heteroatoms. The Kier molecular flexibility index (Phi) is 5.33. The van der Waals surface area contributed by atoms with Gasteiger partial charge in [0, 0.05) is 18.5 Å². The molecule has 2 aromatic heterocycles. The first-order valence-electron chi connectivity index (χ1n) is 7.80. The molecule has 0 spiro atoms. The summed E-state index contributed by atoms with van der Waals surface area (Å²) in [4.78, 5) is 14.4. The van der Waals surface area contributed by atoms with Crippen molar-refractivity contribution in [3.05, 3.63) is 76.4 Å². The summed E-state index contributed by atoms with van der Waals surface area (Å²) < 4.78 is 5.38. The van der Waals surface area contributed by atoms with E-state index in [1.165, 1.54) is 5.56 Å². The summed E-state index contributed by atoms with van der Waals surface area (Å²) in [5.74, 6) is 0.975. The normalized spacial score (nSPS) is 10.7. The minimum absolute atomic E-state index is 0.0425. The third-order valence-corrected chi connectivity index (χ3v) is 4.57. The molecule has 4 nitrogen and oxygen atoms in total. The Bertz CT molecular complexity index is 766. The van der Waals surface area contributed by atoms with Crippen LogP contribution in [0.15, 0.2) is 63.9 Å². The van der Waals surface area contributed by atoms with Crippen LogP contribution in [0.2, 0.25) is 0 Å². The smallest absolute Gasteiger partial charge is 0.223 e. The fourth-order valence-corrected chi connectivity index (χ4v) is 3.22. The van der Waals surface area contributed by atoms with E-state index in [4.69, 9.17) is 4.42 Å². The molecule has 2 heterocycles. The van der Waals surface area contributed by atoms with Crippen LogP contribution in [0.3, 0.4) is 0 Å². The number of amides is 1. The Morgan fingerprint density at radius 2 is 2.00 bits per heavy atom. The Morgan fingerprint density at radius 3 is 2.71 bits per heavy atom. The van der Waals surface area contributed by atoms with Gasteiger partial charge in [0.15, 0.2) is 0 Å². The highest BCUT2D eigenvalue weighted by molar-refractivity contribution is 7.07. The number of furan rings is 1. The van der Waals surface area contributed by atoms with Gasteiger partial charge in [0.2, 0.25) is 5.91 Å². The second-order valence-electron chi connectivity index (χ2n) is 5.59. The fourth-order valence-electron chi connectivity index (χ4n) is 2.52. The molecule has 24 heavy (non-hydrogen) atoms. The van der Waals surface area contributed by atoms with Crippen LogP contribution in [-0.4, -0.2) is 15.9 Å². The predicted molar refractivity (Wildman–Crippen MR) is 93.7 cm³/mol. The molecule has 0 saturated heterocycles. The molecule has 1 amide bonds. The van der Waals surface area contributed by atoms with E-state index < -0.39 is 0 Å². The van der Waals surface area contributed by atoms with Crippen LogP contribution >= 0.6 is 11.3 Å². The Morgan fingerprint density at radius 1 is 1.12 bits per heavy atom. The minimum atomic E-state index is 0.0425. The second-order valence-corrected chi connectivity index (χ2v) is 6.37. The van der Waals surface area contributed by atoms with Gasteiger partial charge in [0.05, 0.1) is 12.8 Å². The molecule has 0 saturated carbocycles. The number of phenols is 1. The van der Waals surface area contributed by atoms with Crippen molar-refractivity contribution < 1.29 is 14.3 Å². The van der Waals surface area contributed by atoms with Crippen molar-refractivity contribution in [2.75, 3.05) is 0 Å². The van der Waals surface area contributed by atoms with Crippen LogP contribution in [-0.2, 0) is 24.3 Å². The lowest BCUT2D eigenvalue weighted by Gasteiger charge is -2.22. The van der Waals surface area contributed by atoms with Gasteiger partial charge in [-0.1, -0.05) is 18.2 Å². The van der Waals surface area contributed by atoms with Crippen LogP contribution in [0, 0.1) is 0 Å². The maximum absolute atomic E-state index is 12.7. The predicted octanol–water partition coefficient (Wildman–Crippen LogP) is 4.21. The molecule has 3 rings (SSSR count). The lowest BCUT2D eigenvalue weighted by atomic mass is 10.1. The molecule has 3 aromatic rings. The Balaban J connectivity index is 1.71. The number of hydrogen-bond donors (Lipinski definition) is 1. The molecule has 0 aliphatic heterocycles. The van der Waals surface area contributed by atoms with Gasteiger partial charge in [-0.2, -0.15) is 11.3 Å². The molecule has 124 valence electrons. The third-order valence-electron chi connectivity index (χ3n) is 3.84. The number of carbonyl (C=O) groups excluding carboxylic acids is 1. The zero-order valence-electron chi connectivity index (χ0n) is 13.2. The number of nitrogens with zero attached hydrogens (tertiary/aromatic N) is 1. The van der Waals surface area contributed by atoms with Crippen molar-refractivity contribution in [1.29, 1.82) is 0 Å². The van der Waals surface area contributed by atoms with E-state index in [2.05, 4.69) is 5.38 Å². The quantitative estimate of drug-likeness (QED) is 0.700. The molecule has 0 atom stereocenters. The molecule has 0 aliphatic rings. The van der Waals surface area contributed by atoms with Crippen molar-refractivity contribution in [1.82, 2.24) is 4.90 Å². The van der Waals surface area contributed by atoms with Gasteiger partial charge < -0.3 is 14.4 Å². The molecular weight excluding hydrogens is 322 g/mol. The van der Waals surface area contributed by atoms with E-state index in [9.17, 15) is 9.90 Å². The van der Waals surface area contributed by atoms with Crippen molar-refractivity contribution in [3.63, 3.8) is 0 Å². The zero-order chi connectivity index (χ0) is 16.8. The van der Waals surface area contributed by atoms with Crippen molar-refractivity contribution >= 4 is 17.2 Å². The lowest BCUT2D eigenvalue weighted by molar-refractivity contribution is -0.132. The van der Waals surface area contributed by atoms with Gasteiger partial charge in [-0.3, -0.25) is 4.79 Å². The maximum Gasteiger partial charge on any atom is 0.223 e. The number of aromatic hydroxyl groups is 1. The first-order valence-corrected chi connectivity index (χ1v) is 8.75. The average molecular weight is 341 g/mol. The van der Waals surface area contributed by atoms with Gasteiger partial charge in [0.25, 0.3) is 0 Å². The third kappa shape index (κ3) is 4.26. The second kappa shape index (κ2) is 7.84. The molecule has 1 N–H and O–H groups in total. The average Bonchev–Trinajstić information content (AvgIpc) is 3.27. The number of phenolic OH excluding ortho intramolecular Hbond substituents is 1. The summed E-state index contributed by atoms with van der Waals surface area (Å²) in [7, 11) is 0. The first-order chi connectivity index (χ1) is 11.7. The lowest BCUT2D eigenvalue weighted by Crippen LogP contribution is -2.30. The van der Waals surface area contributed by atoms with Crippen LogP contribution in [0.1, 0.15) is 23.3 Å². The summed E-state index contributed by atoms with van der Waals surface area (Å²) in [5.41, 5.74) is 1.90. The number of benzene rings is 1. The van der Waals surface area contributed by atoms with Crippen molar-refractivity contribution in [3.8, 4) is 5.75 Å². The molecular formula is C19H19NO3S. The van der Waals surface area contributed by atoms with Crippen molar-refractivity contribution in [2.24, 2.45) is 0 Å². The monoisotopic (exact) mass is 341 g/mol. The summed E-state index contributed by atoms with van der Waals surface area (Å²) in [6.45, 7) is 0.750. The molecule has 0 bridgehead atoms. The molecule has 0 fully saturated rings. The first kappa shape index (κ1) is 16.3. The molecule has 0 radical (unpaired) electrons. The summed E-state index contributed by atoms with van der Waals surface area (Å²) in [5, 5.41) is 14.1. The SMILES string of the molecule is O=C(CCc1ccsc1)N(Cc1ccco1)Cc1ccccc1O.